The summed E-state index contributed by atoms with van der Waals surface area (Å²) in [5.41, 5.74) is 0.920. The number of carbonyl (C=O) groups is 2. The fourth-order valence-electron chi connectivity index (χ4n) is 2.91. The predicted octanol–water partition coefficient (Wildman–Crippen LogP) is 4.17. The van der Waals surface area contributed by atoms with E-state index in [1.165, 1.54) is 0 Å². The van der Waals surface area contributed by atoms with Gasteiger partial charge < -0.3 is 19.7 Å². The molecule has 6 nitrogen and oxygen atoms in total. The normalized spacial score (nSPS) is 11.5. The van der Waals surface area contributed by atoms with Crippen molar-refractivity contribution in [2.75, 3.05) is 20.3 Å². The molecule has 0 bridgehead atoms. The first-order chi connectivity index (χ1) is 14.5. The Balaban J connectivity index is 2.14. The summed E-state index contributed by atoms with van der Waals surface area (Å²) >= 11 is 3.45. The third-order valence-corrected chi connectivity index (χ3v) is 5.15. The Labute approximate surface area is 186 Å². The van der Waals surface area contributed by atoms with E-state index in [9.17, 15) is 9.59 Å². The fraction of sp³-hybridized carbons (Fsp3) is 0.391. The molecule has 0 saturated heterocycles. The average Bonchev–Trinajstić information content (AvgIpc) is 2.75. The van der Waals surface area contributed by atoms with E-state index in [-0.39, 0.29) is 18.4 Å². The number of amides is 2. The molecule has 0 saturated carbocycles. The lowest BCUT2D eigenvalue weighted by atomic mass is 10.1. The van der Waals surface area contributed by atoms with Crippen molar-refractivity contribution in [3.63, 3.8) is 0 Å². The van der Waals surface area contributed by atoms with Crippen LogP contribution in [0.1, 0.15) is 32.3 Å². The van der Waals surface area contributed by atoms with Gasteiger partial charge in [0.1, 0.15) is 6.04 Å². The van der Waals surface area contributed by atoms with E-state index in [0.29, 0.717) is 24.6 Å². The number of ether oxygens (including phenoxy) is 2. The van der Waals surface area contributed by atoms with Crippen LogP contribution in [0.15, 0.2) is 53.0 Å². The molecule has 1 atom stereocenters. The van der Waals surface area contributed by atoms with Crippen molar-refractivity contribution in [3.05, 3.63) is 58.6 Å². The van der Waals surface area contributed by atoms with Gasteiger partial charge in [-0.3, -0.25) is 9.59 Å². The van der Waals surface area contributed by atoms with Crippen molar-refractivity contribution < 1.29 is 19.1 Å². The van der Waals surface area contributed by atoms with Crippen LogP contribution in [0.5, 0.6) is 11.5 Å². The molecule has 0 heterocycles. The highest BCUT2D eigenvalue weighted by atomic mass is 79.9. The quantitative estimate of drug-likeness (QED) is 0.494. The van der Waals surface area contributed by atoms with Crippen LogP contribution >= 0.6 is 15.9 Å². The number of benzene rings is 2. The molecule has 2 amide bonds. The highest BCUT2D eigenvalue weighted by molar-refractivity contribution is 9.10. The van der Waals surface area contributed by atoms with Crippen molar-refractivity contribution in [2.24, 2.45) is 0 Å². The van der Waals surface area contributed by atoms with E-state index < -0.39 is 6.04 Å². The lowest BCUT2D eigenvalue weighted by Gasteiger charge is -2.29. The smallest absolute Gasteiger partial charge is 0.261 e. The molecule has 162 valence electrons. The molecule has 0 fully saturated rings. The van der Waals surface area contributed by atoms with Gasteiger partial charge in [-0.05, 0) is 43.2 Å². The first-order valence-corrected chi connectivity index (χ1v) is 10.8. The van der Waals surface area contributed by atoms with Gasteiger partial charge in [-0.25, -0.2) is 0 Å². The second kappa shape index (κ2) is 12.2. The molecule has 0 aliphatic rings. The van der Waals surface area contributed by atoms with Crippen molar-refractivity contribution in [1.82, 2.24) is 10.2 Å². The minimum absolute atomic E-state index is 0.177. The molecule has 0 aliphatic heterocycles. The number of para-hydroxylation sites is 2. The lowest BCUT2D eigenvalue weighted by molar-refractivity contribution is -0.142. The molecular weight excluding hydrogens is 448 g/mol. The van der Waals surface area contributed by atoms with Crippen molar-refractivity contribution in [3.8, 4) is 11.5 Å². The topological polar surface area (TPSA) is 67.9 Å². The summed E-state index contributed by atoms with van der Waals surface area (Å²) in [6.07, 6.45) is 1.89. The maximum Gasteiger partial charge on any atom is 0.261 e. The molecule has 0 radical (unpaired) electrons. The summed E-state index contributed by atoms with van der Waals surface area (Å²) < 4.78 is 11.9. The Kier molecular flexibility index (Phi) is 9.67. The maximum absolute atomic E-state index is 13.0. The van der Waals surface area contributed by atoms with Crippen LogP contribution in [-0.2, 0) is 16.1 Å². The van der Waals surface area contributed by atoms with Gasteiger partial charge in [0.25, 0.3) is 5.91 Å². The van der Waals surface area contributed by atoms with Crippen LogP contribution in [0.2, 0.25) is 0 Å². The second-order valence-corrected chi connectivity index (χ2v) is 7.83. The Morgan fingerprint density at radius 2 is 1.87 bits per heavy atom. The third kappa shape index (κ3) is 7.06. The minimum Gasteiger partial charge on any atom is -0.493 e. The van der Waals surface area contributed by atoms with Gasteiger partial charge in [0.05, 0.1) is 7.11 Å². The monoisotopic (exact) mass is 476 g/mol. The number of halogens is 1. The highest BCUT2D eigenvalue weighted by Crippen LogP contribution is 2.26. The number of nitrogens with one attached hydrogen (secondary N) is 1. The summed E-state index contributed by atoms with van der Waals surface area (Å²) in [6, 6.07) is 14.2. The fourth-order valence-corrected chi connectivity index (χ4v) is 3.36. The number of unbranched alkanes of at least 4 members (excludes halogenated alkanes) is 1. The number of carbonyl (C=O) groups excluding carboxylic acids is 2. The largest absolute Gasteiger partial charge is 0.493 e. The van der Waals surface area contributed by atoms with Crippen LogP contribution in [-0.4, -0.2) is 43.0 Å². The predicted molar refractivity (Wildman–Crippen MR) is 121 cm³/mol. The van der Waals surface area contributed by atoms with Crippen LogP contribution in [0, 0.1) is 0 Å². The van der Waals surface area contributed by atoms with E-state index in [1.54, 1.807) is 31.1 Å². The molecule has 0 aliphatic carbocycles. The number of methoxy groups -OCH3 is 1. The molecule has 30 heavy (non-hydrogen) atoms. The first-order valence-electron chi connectivity index (χ1n) is 10.0. The molecule has 0 spiro atoms. The maximum atomic E-state index is 13.0. The van der Waals surface area contributed by atoms with Crippen LogP contribution in [0.25, 0.3) is 0 Å². The van der Waals surface area contributed by atoms with E-state index in [0.717, 1.165) is 22.9 Å². The van der Waals surface area contributed by atoms with Crippen molar-refractivity contribution in [2.45, 2.75) is 39.3 Å². The number of nitrogens with zero attached hydrogens (tertiary/aromatic N) is 1. The van der Waals surface area contributed by atoms with Gasteiger partial charge >= 0.3 is 0 Å². The molecule has 7 heteroatoms. The summed E-state index contributed by atoms with van der Waals surface area (Å²) in [5, 5.41) is 2.90. The molecular formula is C23H29BrN2O4. The van der Waals surface area contributed by atoms with Gasteiger partial charge in [-0.1, -0.05) is 53.5 Å². The van der Waals surface area contributed by atoms with Gasteiger partial charge in [0, 0.05) is 17.6 Å². The number of hydrogen-bond acceptors (Lipinski definition) is 4. The summed E-state index contributed by atoms with van der Waals surface area (Å²) in [5.74, 6) is 0.577. The van der Waals surface area contributed by atoms with Crippen molar-refractivity contribution in [1.29, 1.82) is 0 Å². The van der Waals surface area contributed by atoms with E-state index >= 15 is 0 Å². The molecule has 0 aromatic heterocycles. The number of rotatable bonds is 11. The molecule has 1 N–H and O–H groups in total. The van der Waals surface area contributed by atoms with Gasteiger partial charge in [0.15, 0.2) is 18.1 Å². The third-order valence-electron chi connectivity index (χ3n) is 4.66. The lowest BCUT2D eigenvalue weighted by Crippen LogP contribution is -2.49. The van der Waals surface area contributed by atoms with E-state index in [1.807, 2.05) is 36.4 Å². The summed E-state index contributed by atoms with van der Waals surface area (Å²) in [4.78, 5) is 27.2. The molecule has 2 aromatic carbocycles. The van der Waals surface area contributed by atoms with E-state index in [2.05, 4.69) is 28.2 Å². The number of hydrogen-bond donors (Lipinski definition) is 1. The Morgan fingerprint density at radius 3 is 2.53 bits per heavy atom. The Hall–Kier alpha value is -2.54. The van der Waals surface area contributed by atoms with Gasteiger partial charge in [0.2, 0.25) is 5.91 Å². The van der Waals surface area contributed by atoms with Crippen LogP contribution in [0.4, 0.5) is 0 Å². The standard InChI is InChI=1S/C23H29BrN2O4/c1-4-5-13-25-23(28)17(2)26(15-18-9-8-10-19(24)14-18)22(27)16-30-21-12-7-6-11-20(21)29-3/h6-12,14,17H,4-5,13,15-16H2,1-3H3,(H,25,28)/t17-/m1/s1. The van der Waals surface area contributed by atoms with E-state index in [4.69, 9.17) is 9.47 Å². The molecule has 2 aromatic rings. The van der Waals surface area contributed by atoms with Crippen LogP contribution in [0.3, 0.4) is 0 Å². The highest BCUT2D eigenvalue weighted by Gasteiger charge is 2.26. The zero-order valence-corrected chi connectivity index (χ0v) is 19.3. The summed E-state index contributed by atoms with van der Waals surface area (Å²) in [7, 11) is 1.55. The molecule has 2 rings (SSSR count). The SMILES string of the molecule is CCCCNC(=O)[C@@H](C)N(Cc1cccc(Br)c1)C(=O)COc1ccccc1OC. The Bertz CT molecular complexity index is 843. The van der Waals surface area contributed by atoms with Gasteiger partial charge in [-0.15, -0.1) is 0 Å². The van der Waals surface area contributed by atoms with Crippen molar-refractivity contribution >= 4 is 27.7 Å². The van der Waals surface area contributed by atoms with Gasteiger partial charge in [-0.2, -0.15) is 0 Å². The summed E-state index contributed by atoms with van der Waals surface area (Å²) in [6.45, 7) is 4.50. The first kappa shape index (κ1) is 23.7. The molecule has 0 unspecified atom stereocenters. The Morgan fingerprint density at radius 1 is 1.13 bits per heavy atom. The zero-order chi connectivity index (χ0) is 21.9. The van der Waals surface area contributed by atoms with Crippen LogP contribution < -0.4 is 14.8 Å². The second-order valence-electron chi connectivity index (χ2n) is 6.91. The minimum atomic E-state index is -0.630. The average molecular weight is 477 g/mol. The zero-order valence-electron chi connectivity index (χ0n) is 17.7.